The number of nitrogens with zero attached hydrogens (tertiary/aromatic N) is 3. The monoisotopic (exact) mass is 429 g/mol. The Balaban J connectivity index is 1.54. The molecule has 0 saturated carbocycles. The zero-order valence-corrected chi connectivity index (χ0v) is 16.8. The predicted molar refractivity (Wildman–Crippen MR) is 110 cm³/mol. The molecule has 0 saturated heterocycles. The third-order valence-corrected chi connectivity index (χ3v) is 4.85. The largest absolute Gasteiger partial charge is 0.455 e. The van der Waals surface area contributed by atoms with Gasteiger partial charge in [0.2, 0.25) is 0 Å². The van der Waals surface area contributed by atoms with E-state index in [-0.39, 0.29) is 18.7 Å². The number of anilines is 1. The minimum absolute atomic E-state index is 0.0462. The zero-order valence-electron chi connectivity index (χ0n) is 15.2. The number of carbonyl (C=O) groups excluding carboxylic acids is 2. The van der Waals surface area contributed by atoms with Crippen LogP contribution in [0.2, 0.25) is 5.02 Å². The highest BCUT2D eigenvalue weighted by atomic mass is 35.5. The first kappa shape index (κ1) is 20.7. The number of fused-ring (bicyclic) bond motifs is 1. The molecule has 0 N–H and O–H groups in total. The summed E-state index contributed by atoms with van der Waals surface area (Å²) in [6.45, 7) is -0.268. The van der Waals surface area contributed by atoms with Gasteiger partial charge in [0.1, 0.15) is 11.3 Å². The van der Waals surface area contributed by atoms with Gasteiger partial charge in [0, 0.05) is 17.3 Å². The number of benzene rings is 2. The van der Waals surface area contributed by atoms with E-state index in [1.165, 1.54) is 4.90 Å². The average Bonchev–Trinajstić information content (AvgIpc) is 3.14. The Morgan fingerprint density at radius 2 is 2.07 bits per heavy atom. The van der Waals surface area contributed by atoms with Crippen molar-refractivity contribution in [3.05, 3.63) is 53.6 Å². The van der Waals surface area contributed by atoms with E-state index in [2.05, 4.69) is 4.98 Å². The molecular weight excluding hydrogens is 414 g/mol. The molecular formula is C20H16ClN3O4S. The second-order valence-corrected chi connectivity index (χ2v) is 7.19. The Bertz CT molecular complexity index is 1030. The molecule has 0 spiro atoms. The Morgan fingerprint density at radius 1 is 1.24 bits per heavy atom. The molecule has 1 aromatic heterocycles. The van der Waals surface area contributed by atoms with E-state index in [0.29, 0.717) is 27.0 Å². The van der Waals surface area contributed by atoms with E-state index >= 15 is 0 Å². The minimum Gasteiger partial charge on any atom is -0.455 e. The summed E-state index contributed by atoms with van der Waals surface area (Å²) < 4.78 is 10.6. The van der Waals surface area contributed by atoms with Crippen molar-refractivity contribution in [2.24, 2.45) is 0 Å². The topological polar surface area (TPSA) is 96.4 Å². The van der Waals surface area contributed by atoms with Crippen molar-refractivity contribution in [3.63, 3.8) is 0 Å². The molecule has 3 aromatic rings. The number of amides is 1. The van der Waals surface area contributed by atoms with Crippen molar-refractivity contribution in [3.8, 4) is 6.07 Å². The number of rotatable bonds is 8. The van der Waals surface area contributed by atoms with Gasteiger partial charge in [-0.05, 0) is 30.3 Å². The van der Waals surface area contributed by atoms with Crippen LogP contribution >= 0.6 is 23.4 Å². The van der Waals surface area contributed by atoms with Gasteiger partial charge >= 0.3 is 5.97 Å². The normalized spacial score (nSPS) is 10.5. The highest BCUT2D eigenvalue weighted by Gasteiger charge is 2.18. The summed E-state index contributed by atoms with van der Waals surface area (Å²) in [5.41, 5.74) is 1.87. The number of ether oxygens (including phenoxy) is 1. The maximum Gasteiger partial charge on any atom is 0.316 e. The molecule has 0 aliphatic rings. The van der Waals surface area contributed by atoms with Gasteiger partial charge in [-0.3, -0.25) is 9.59 Å². The summed E-state index contributed by atoms with van der Waals surface area (Å²) in [5.74, 6) is -1.06. The molecule has 2 aromatic carbocycles. The van der Waals surface area contributed by atoms with Gasteiger partial charge in [-0.25, -0.2) is 4.98 Å². The molecule has 7 nitrogen and oxygen atoms in total. The van der Waals surface area contributed by atoms with Gasteiger partial charge in [0.15, 0.2) is 12.2 Å². The maximum absolute atomic E-state index is 12.5. The number of nitriles is 1. The van der Waals surface area contributed by atoms with E-state index in [1.807, 2.05) is 24.3 Å². The SMILES string of the molecule is N#CCCN(C(=O)COC(=O)CSc1nc2ccccc2o1)c1cccc(Cl)c1. The van der Waals surface area contributed by atoms with Crippen molar-refractivity contribution in [1.29, 1.82) is 5.26 Å². The Hall–Kier alpha value is -3.02. The third-order valence-electron chi connectivity index (χ3n) is 3.81. The first-order chi connectivity index (χ1) is 14.1. The third kappa shape index (κ3) is 5.73. The lowest BCUT2D eigenvalue weighted by molar-refractivity contribution is -0.145. The average molecular weight is 430 g/mol. The van der Waals surface area contributed by atoms with Gasteiger partial charge in [-0.2, -0.15) is 5.26 Å². The van der Waals surface area contributed by atoms with E-state index in [0.717, 1.165) is 11.8 Å². The summed E-state index contributed by atoms with van der Waals surface area (Å²) in [5, 5.41) is 9.64. The Morgan fingerprint density at radius 3 is 2.83 bits per heavy atom. The van der Waals surface area contributed by atoms with Crippen molar-refractivity contribution in [1.82, 2.24) is 4.98 Å². The molecule has 1 amide bonds. The highest BCUT2D eigenvalue weighted by Crippen LogP contribution is 2.23. The standard InChI is InChI=1S/C20H16ClN3O4S/c21-14-5-3-6-15(11-14)24(10-4-9-22)18(25)12-27-19(26)13-29-20-23-16-7-1-2-8-17(16)28-20/h1-3,5-8,11H,4,10,12-13H2. The van der Waals surface area contributed by atoms with Crippen LogP contribution in [0, 0.1) is 11.3 Å². The molecule has 0 aliphatic carbocycles. The predicted octanol–water partition coefficient (Wildman–Crippen LogP) is 4.06. The van der Waals surface area contributed by atoms with Gasteiger partial charge in [-0.15, -0.1) is 0 Å². The molecule has 3 rings (SSSR count). The zero-order chi connectivity index (χ0) is 20.6. The molecule has 0 fully saturated rings. The number of halogens is 1. The summed E-state index contributed by atoms with van der Waals surface area (Å²) >= 11 is 7.07. The fourth-order valence-electron chi connectivity index (χ4n) is 2.50. The number of hydrogen-bond acceptors (Lipinski definition) is 7. The van der Waals surface area contributed by atoms with Crippen molar-refractivity contribution >= 4 is 52.0 Å². The lowest BCUT2D eigenvalue weighted by Gasteiger charge is -2.21. The lowest BCUT2D eigenvalue weighted by Crippen LogP contribution is -2.35. The van der Waals surface area contributed by atoms with E-state index in [4.69, 9.17) is 26.0 Å². The van der Waals surface area contributed by atoms with Gasteiger partial charge < -0.3 is 14.1 Å². The van der Waals surface area contributed by atoms with E-state index in [1.54, 1.807) is 30.3 Å². The number of para-hydroxylation sites is 2. The van der Waals surface area contributed by atoms with Crippen molar-refractivity contribution in [2.45, 2.75) is 11.6 Å². The first-order valence-electron chi connectivity index (χ1n) is 8.63. The fraction of sp³-hybridized carbons (Fsp3) is 0.200. The number of esters is 1. The van der Waals surface area contributed by atoms with E-state index < -0.39 is 18.5 Å². The minimum atomic E-state index is -0.572. The van der Waals surface area contributed by atoms with Crippen molar-refractivity contribution < 1.29 is 18.7 Å². The molecule has 148 valence electrons. The van der Waals surface area contributed by atoms with Crippen LogP contribution in [0.3, 0.4) is 0 Å². The first-order valence-corrected chi connectivity index (χ1v) is 10.00. The number of carbonyl (C=O) groups is 2. The number of thioether (sulfide) groups is 1. The molecule has 0 radical (unpaired) electrons. The highest BCUT2D eigenvalue weighted by molar-refractivity contribution is 7.99. The van der Waals surface area contributed by atoms with Crippen LogP contribution in [0.1, 0.15) is 6.42 Å². The molecule has 0 atom stereocenters. The van der Waals surface area contributed by atoms with Crippen molar-refractivity contribution in [2.75, 3.05) is 23.8 Å². The molecule has 0 bridgehead atoms. The van der Waals surface area contributed by atoms with Crippen LogP contribution in [-0.4, -0.2) is 35.8 Å². The van der Waals surface area contributed by atoms with Crippen LogP contribution in [0.4, 0.5) is 5.69 Å². The van der Waals surface area contributed by atoms with Crippen LogP contribution in [-0.2, 0) is 14.3 Å². The number of hydrogen-bond donors (Lipinski definition) is 0. The summed E-state index contributed by atoms with van der Waals surface area (Å²) in [6, 6.07) is 16.0. The van der Waals surface area contributed by atoms with Gasteiger partial charge in [-0.1, -0.05) is 41.6 Å². The van der Waals surface area contributed by atoms with Crippen LogP contribution in [0.25, 0.3) is 11.1 Å². The maximum atomic E-state index is 12.5. The summed E-state index contributed by atoms with van der Waals surface area (Å²) in [4.78, 5) is 30.2. The molecule has 0 aliphatic heterocycles. The quantitative estimate of drug-likeness (QED) is 0.393. The number of aromatic nitrogens is 1. The fourth-order valence-corrected chi connectivity index (χ4v) is 3.32. The van der Waals surface area contributed by atoms with Gasteiger partial charge in [0.25, 0.3) is 11.1 Å². The van der Waals surface area contributed by atoms with Crippen LogP contribution < -0.4 is 4.90 Å². The summed E-state index contributed by atoms with van der Waals surface area (Å²) in [7, 11) is 0. The second-order valence-electron chi connectivity index (χ2n) is 5.83. The van der Waals surface area contributed by atoms with Crippen LogP contribution in [0.5, 0.6) is 0 Å². The van der Waals surface area contributed by atoms with Crippen LogP contribution in [0.15, 0.2) is 58.2 Å². The summed E-state index contributed by atoms with van der Waals surface area (Å²) in [6.07, 6.45) is 0.139. The Kier molecular flexibility index (Phi) is 7.11. The van der Waals surface area contributed by atoms with Gasteiger partial charge in [0.05, 0.1) is 12.5 Å². The Labute approximate surface area is 176 Å². The van der Waals surface area contributed by atoms with E-state index in [9.17, 15) is 9.59 Å². The molecule has 0 unspecified atom stereocenters. The second kappa shape index (κ2) is 9.96. The smallest absolute Gasteiger partial charge is 0.316 e. The molecule has 1 heterocycles. The lowest BCUT2D eigenvalue weighted by atomic mass is 10.2. The molecule has 9 heteroatoms. The number of oxazole rings is 1. The molecule has 29 heavy (non-hydrogen) atoms.